The van der Waals surface area contributed by atoms with Gasteiger partial charge in [-0.3, -0.25) is 4.90 Å². The molecule has 1 saturated heterocycles. The summed E-state index contributed by atoms with van der Waals surface area (Å²) >= 11 is 1.43. The van der Waals surface area contributed by atoms with Crippen LogP contribution in [0.25, 0.3) is 0 Å². The van der Waals surface area contributed by atoms with Crippen molar-refractivity contribution in [3.63, 3.8) is 0 Å². The molecule has 14 heavy (non-hydrogen) atoms. The number of hydrogen-bond donors (Lipinski definition) is 1. The molecule has 1 N–H and O–H groups in total. The number of carbonyl (C=O) groups is 1. The van der Waals surface area contributed by atoms with Crippen LogP contribution in [-0.4, -0.2) is 34.0 Å². The molecule has 1 aromatic heterocycles. The average Bonchev–Trinajstić information content (AvgIpc) is 2.75. The average molecular weight is 212 g/mol. The molecule has 0 unspecified atom stereocenters. The second-order valence-corrected chi connectivity index (χ2v) is 4.35. The first kappa shape index (κ1) is 9.61. The quantitative estimate of drug-likeness (QED) is 0.823. The lowest BCUT2D eigenvalue weighted by Gasteiger charge is -2.12. The number of aromatic nitrogens is 1. The number of hydrogen-bond acceptors (Lipinski definition) is 4. The van der Waals surface area contributed by atoms with Crippen LogP contribution in [0.5, 0.6) is 0 Å². The molecule has 1 aliphatic rings. The highest BCUT2D eigenvalue weighted by molar-refractivity contribution is 7.09. The number of thiazole rings is 1. The molecule has 0 bridgehead atoms. The third-order valence-electron chi connectivity index (χ3n) is 2.41. The summed E-state index contributed by atoms with van der Waals surface area (Å²) in [4.78, 5) is 17.8. The van der Waals surface area contributed by atoms with Crippen LogP contribution in [-0.2, 0) is 6.54 Å². The third-order valence-corrected chi connectivity index (χ3v) is 3.23. The molecule has 2 rings (SSSR count). The van der Waals surface area contributed by atoms with E-state index in [0.29, 0.717) is 0 Å². The molecule has 0 aliphatic carbocycles. The first-order chi connectivity index (χ1) is 6.77. The van der Waals surface area contributed by atoms with Crippen LogP contribution < -0.4 is 0 Å². The molecule has 0 amide bonds. The molecule has 4 nitrogen and oxygen atoms in total. The Balaban J connectivity index is 2.07. The lowest BCUT2D eigenvalue weighted by molar-refractivity contribution is 0.0689. The van der Waals surface area contributed by atoms with E-state index in [0.717, 1.165) is 24.5 Å². The first-order valence-electron chi connectivity index (χ1n) is 4.65. The number of carboxylic acid groups (broad SMARTS) is 1. The van der Waals surface area contributed by atoms with E-state index in [2.05, 4.69) is 9.88 Å². The Bertz CT molecular complexity index is 331. The van der Waals surface area contributed by atoms with Gasteiger partial charge in [0.1, 0.15) is 0 Å². The second kappa shape index (κ2) is 4.06. The van der Waals surface area contributed by atoms with Crippen molar-refractivity contribution < 1.29 is 9.90 Å². The molecule has 0 saturated carbocycles. The second-order valence-electron chi connectivity index (χ2n) is 3.41. The summed E-state index contributed by atoms with van der Waals surface area (Å²) in [5.41, 5.74) is 1.83. The topological polar surface area (TPSA) is 53.4 Å². The zero-order valence-electron chi connectivity index (χ0n) is 7.77. The lowest BCUT2D eigenvalue weighted by Crippen LogP contribution is -2.19. The van der Waals surface area contributed by atoms with Gasteiger partial charge < -0.3 is 5.11 Å². The van der Waals surface area contributed by atoms with E-state index in [4.69, 9.17) is 5.11 Å². The van der Waals surface area contributed by atoms with Gasteiger partial charge in [-0.1, -0.05) is 0 Å². The van der Waals surface area contributed by atoms with Gasteiger partial charge in [-0.15, -0.1) is 11.3 Å². The molecule has 1 aliphatic heterocycles. The Morgan fingerprint density at radius 2 is 2.29 bits per heavy atom. The van der Waals surface area contributed by atoms with Gasteiger partial charge in [-0.25, -0.2) is 9.78 Å². The monoisotopic (exact) mass is 212 g/mol. The van der Waals surface area contributed by atoms with Crippen molar-refractivity contribution in [3.8, 4) is 0 Å². The highest BCUT2D eigenvalue weighted by Gasteiger charge is 2.18. The molecule has 1 aromatic rings. The van der Waals surface area contributed by atoms with Crippen LogP contribution in [0.3, 0.4) is 0 Å². The summed E-state index contributed by atoms with van der Waals surface area (Å²) in [6.07, 6.45) is 2.45. The Morgan fingerprint density at radius 1 is 1.57 bits per heavy atom. The molecule has 1 fully saturated rings. The maximum atomic E-state index is 10.8. The molecule has 76 valence electrons. The van der Waals surface area contributed by atoms with Crippen molar-refractivity contribution in [1.82, 2.24) is 9.88 Å². The largest absolute Gasteiger partial charge is 0.476 e. The minimum Gasteiger partial charge on any atom is -0.476 e. The van der Waals surface area contributed by atoms with Crippen molar-refractivity contribution in [2.75, 3.05) is 13.1 Å². The minimum absolute atomic E-state index is 0.224. The molecular weight excluding hydrogens is 200 g/mol. The van der Waals surface area contributed by atoms with Gasteiger partial charge in [0.2, 0.25) is 0 Å². The lowest BCUT2D eigenvalue weighted by atomic mass is 10.3. The van der Waals surface area contributed by atoms with Crippen LogP contribution in [0, 0.1) is 0 Å². The highest BCUT2D eigenvalue weighted by atomic mass is 32.1. The SMILES string of the molecule is O=C(O)c1ncsc1CN1CCCC1. The Labute approximate surface area is 86.2 Å². The zero-order chi connectivity index (χ0) is 9.97. The van der Waals surface area contributed by atoms with Gasteiger partial charge in [0.15, 0.2) is 5.69 Å². The van der Waals surface area contributed by atoms with Crippen LogP contribution in [0.15, 0.2) is 5.51 Å². The van der Waals surface area contributed by atoms with Gasteiger partial charge in [0, 0.05) is 6.54 Å². The first-order valence-corrected chi connectivity index (χ1v) is 5.53. The Hall–Kier alpha value is -0.940. The van der Waals surface area contributed by atoms with Crippen molar-refractivity contribution in [2.24, 2.45) is 0 Å². The fourth-order valence-electron chi connectivity index (χ4n) is 1.70. The molecule has 0 radical (unpaired) electrons. The third kappa shape index (κ3) is 1.93. The normalized spacial score (nSPS) is 17.4. The zero-order valence-corrected chi connectivity index (χ0v) is 8.59. The van der Waals surface area contributed by atoms with E-state index in [-0.39, 0.29) is 5.69 Å². The van der Waals surface area contributed by atoms with Crippen LogP contribution >= 0.6 is 11.3 Å². The maximum Gasteiger partial charge on any atom is 0.355 e. The predicted octanol–water partition coefficient (Wildman–Crippen LogP) is 1.44. The molecule has 0 aromatic carbocycles. The smallest absolute Gasteiger partial charge is 0.355 e. The van der Waals surface area contributed by atoms with Crippen LogP contribution in [0.2, 0.25) is 0 Å². The minimum atomic E-state index is -0.916. The van der Waals surface area contributed by atoms with Gasteiger partial charge in [-0.05, 0) is 25.9 Å². The van der Waals surface area contributed by atoms with Crippen LogP contribution in [0.4, 0.5) is 0 Å². The Morgan fingerprint density at radius 3 is 2.93 bits per heavy atom. The van der Waals surface area contributed by atoms with Crippen molar-refractivity contribution in [2.45, 2.75) is 19.4 Å². The standard InChI is InChI=1S/C9H12N2O2S/c12-9(13)8-7(14-6-10-8)5-11-3-1-2-4-11/h6H,1-5H2,(H,12,13). The molecule has 0 atom stereocenters. The summed E-state index contributed by atoms with van der Waals surface area (Å²) < 4.78 is 0. The van der Waals surface area contributed by atoms with E-state index in [1.807, 2.05) is 0 Å². The molecule has 0 spiro atoms. The van der Waals surface area contributed by atoms with Crippen LogP contribution in [0.1, 0.15) is 28.2 Å². The fraction of sp³-hybridized carbons (Fsp3) is 0.556. The van der Waals surface area contributed by atoms with Gasteiger partial charge in [-0.2, -0.15) is 0 Å². The van der Waals surface area contributed by atoms with Crippen molar-refractivity contribution >= 4 is 17.3 Å². The fourth-order valence-corrected chi connectivity index (χ4v) is 2.50. The summed E-state index contributed by atoms with van der Waals surface area (Å²) in [6, 6.07) is 0. The summed E-state index contributed by atoms with van der Waals surface area (Å²) in [5.74, 6) is -0.916. The summed E-state index contributed by atoms with van der Waals surface area (Å²) in [5, 5.41) is 8.85. The number of likely N-dealkylation sites (tertiary alicyclic amines) is 1. The molecular formula is C9H12N2O2S. The number of nitrogens with zero attached hydrogens (tertiary/aromatic N) is 2. The number of carboxylic acids is 1. The van der Waals surface area contributed by atoms with E-state index < -0.39 is 5.97 Å². The Kier molecular flexibility index (Phi) is 2.79. The maximum absolute atomic E-state index is 10.8. The van der Waals surface area contributed by atoms with Crippen molar-refractivity contribution in [3.05, 3.63) is 16.1 Å². The molecule has 2 heterocycles. The highest BCUT2D eigenvalue weighted by Crippen LogP contribution is 2.18. The van der Waals surface area contributed by atoms with Crippen molar-refractivity contribution in [1.29, 1.82) is 0 Å². The summed E-state index contributed by atoms with van der Waals surface area (Å²) in [7, 11) is 0. The van der Waals surface area contributed by atoms with E-state index >= 15 is 0 Å². The summed E-state index contributed by atoms with van der Waals surface area (Å²) in [6.45, 7) is 2.90. The van der Waals surface area contributed by atoms with E-state index in [1.54, 1.807) is 5.51 Å². The predicted molar refractivity (Wildman–Crippen MR) is 53.6 cm³/mol. The number of rotatable bonds is 3. The number of aromatic carboxylic acids is 1. The van der Waals surface area contributed by atoms with E-state index in [9.17, 15) is 4.79 Å². The van der Waals surface area contributed by atoms with E-state index in [1.165, 1.54) is 24.2 Å². The van der Waals surface area contributed by atoms with Gasteiger partial charge in [0.25, 0.3) is 0 Å². The van der Waals surface area contributed by atoms with Gasteiger partial charge >= 0.3 is 5.97 Å². The molecule has 5 heteroatoms. The van der Waals surface area contributed by atoms with Gasteiger partial charge in [0.05, 0.1) is 10.4 Å².